The maximum Gasteiger partial charge on any atom is 0.151 e. The van der Waals surface area contributed by atoms with Crippen molar-refractivity contribution < 1.29 is 14.2 Å². The van der Waals surface area contributed by atoms with Crippen molar-refractivity contribution in [3.05, 3.63) is 74.2 Å². The third-order valence-electron chi connectivity index (χ3n) is 8.65. The van der Waals surface area contributed by atoms with Crippen LogP contribution in [0.25, 0.3) is 15.9 Å². The predicted molar refractivity (Wildman–Crippen MR) is 148 cm³/mol. The van der Waals surface area contributed by atoms with Crippen molar-refractivity contribution in [2.45, 2.75) is 62.8 Å². The third kappa shape index (κ3) is 4.18. The van der Waals surface area contributed by atoms with E-state index < -0.39 is 11.4 Å². The molecule has 3 aliphatic rings. The van der Waals surface area contributed by atoms with Crippen LogP contribution in [0.2, 0.25) is 10.0 Å². The van der Waals surface area contributed by atoms with Gasteiger partial charge in [-0.05, 0) is 86.1 Å². The molecular weight excluding hydrogens is 558 g/mol. The Hall–Kier alpha value is -2.54. The van der Waals surface area contributed by atoms with Gasteiger partial charge in [-0.1, -0.05) is 29.3 Å². The number of halogens is 3. The summed E-state index contributed by atoms with van der Waals surface area (Å²) in [6, 6.07) is 10.3. The smallest absolute Gasteiger partial charge is 0.151 e. The molecule has 2 heterocycles. The zero-order valence-corrected chi connectivity index (χ0v) is 23.2. The molecule has 0 aliphatic heterocycles. The van der Waals surface area contributed by atoms with E-state index in [1.54, 1.807) is 18.2 Å². The van der Waals surface area contributed by atoms with Gasteiger partial charge in [0.25, 0.3) is 0 Å². The number of nitrogens with zero attached hydrogens (tertiary/aromatic N) is 4. The first-order chi connectivity index (χ1) is 18.9. The lowest BCUT2D eigenvalue weighted by Crippen LogP contribution is -2.44. The molecule has 0 amide bonds. The second-order valence-corrected chi connectivity index (χ2v) is 12.8. The number of benzene rings is 2. The highest BCUT2D eigenvalue weighted by Crippen LogP contribution is 2.57. The summed E-state index contributed by atoms with van der Waals surface area (Å²) in [5, 5.41) is 27.4. The normalized spacial score (nSPS) is 26.3. The number of nitriles is 1. The van der Waals surface area contributed by atoms with Crippen molar-refractivity contribution >= 4 is 44.8 Å². The van der Waals surface area contributed by atoms with Crippen LogP contribution in [0.3, 0.4) is 0 Å². The summed E-state index contributed by atoms with van der Waals surface area (Å²) in [5.74, 6) is -0.120. The Morgan fingerprint density at radius 3 is 2.54 bits per heavy atom. The van der Waals surface area contributed by atoms with Crippen LogP contribution in [-0.4, -0.2) is 26.0 Å². The molecule has 2 aromatic carbocycles. The van der Waals surface area contributed by atoms with Gasteiger partial charge in [0, 0.05) is 0 Å². The minimum absolute atomic E-state index is 0.0313. The first-order valence-electron chi connectivity index (χ1n) is 13.2. The minimum atomic E-state index is -1.12. The maximum atomic E-state index is 14.6. The van der Waals surface area contributed by atoms with E-state index in [1.165, 1.54) is 23.0 Å². The predicted octanol–water partition coefficient (Wildman–Crippen LogP) is 7.27. The van der Waals surface area contributed by atoms with E-state index in [1.807, 2.05) is 23.0 Å². The van der Waals surface area contributed by atoms with Gasteiger partial charge in [0.05, 0.1) is 51.0 Å². The molecule has 39 heavy (non-hydrogen) atoms. The Balaban J connectivity index is 1.14. The van der Waals surface area contributed by atoms with Crippen LogP contribution in [0.1, 0.15) is 66.3 Å². The molecule has 3 saturated carbocycles. The lowest BCUT2D eigenvalue weighted by atomic mass is 9.73. The number of rotatable bonds is 6. The first-order valence-corrected chi connectivity index (χ1v) is 14.8. The van der Waals surface area contributed by atoms with Crippen LogP contribution in [0.4, 0.5) is 4.39 Å². The molecule has 4 aromatic rings. The third-order valence-corrected chi connectivity index (χ3v) is 10.4. The summed E-state index contributed by atoms with van der Waals surface area (Å²) in [6.07, 6.45) is 7.25. The zero-order valence-electron chi connectivity index (χ0n) is 20.9. The lowest BCUT2D eigenvalue weighted by Gasteiger charge is -2.41. The van der Waals surface area contributed by atoms with Crippen LogP contribution in [0.15, 0.2) is 36.5 Å². The molecule has 0 saturated heterocycles. The summed E-state index contributed by atoms with van der Waals surface area (Å²) in [4.78, 5) is 4.54. The van der Waals surface area contributed by atoms with Crippen LogP contribution in [0, 0.1) is 29.0 Å². The highest BCUT2D eigenvalue weighted by atomic mass is 35.5. The Kier molecular flexibility index (Phi) is 6.22. The molecule has 200 valence electrons. The topological polar surface area (TPSA) is 84.0 Å². The molecule has 1 N–H and O–H groups in total. The fourth-order valence-electron chi connectivity index (χ4n) is 6.56. The van der Waals surface area contributed by atoms with Gasteiger partial charge in [0.15, 0.2) is 5.82 Å². The zero-order chi connectivity index (χ0) is 26.9. The maximum absolute atomic E-state index is 14.6. The van der Waals surface area contributed by atoms with E-state index in [0.717, 1.165) is 31.4 Å². The molecule has 2 unspecified atom stereocenters. The van der Waals surface area contributed by atoms with E-state index in [0.29, 0.717) is 50.8 Å². The quantitative estimate of drug-likeness (QED) is 0.258. The van der Waals surface area contributed by atoms with E-state index in [4.69, 9.17) is 27.9 Å². The molecular formula is C29H25Cl2FN4O2S. The lowest BCUT2D eigenvalue weighted by molar-refractivity contribution is -0.116. The average Bonchev–Trinajstić information content (AvgIpc) is 3.49. The number of fused-ring (bicyclic) bond motifs is 3. The molecule has 2 aromatic heterocycles. The molecule has 3 fully saturated rings. The van der Waals surface area contributed by atoms with Crippen LogP contribution in [-0.2, 0) is 16.9 Å². The molecule has 0 radical (unpaired) electrons. The van der Waals surface area contributed by atoms with Gasteiger partial charge in [-0.25, -0.2) is 14.1 Å². The van der Waals surface area contributed by atoms with Crippen LogP contribution in [0.5, 0.6) is 0 Å². The van der Waals surface area contributed by atoms with Gasteiger partial charge in [0.1, 0.15) is 21.8 Å². The first kappa shape index (κ1) is 25.4. The largest absolute Gasteiger partial charge is 0.382 e. The second kappa shape index (κ2) is 9.53. The molecule has 0 spiro atoms. The number of ether oxygens (including phenoxy) is 1. The summed E-state index contributed by atoms with van der Waals surface area (Å²) in [5.41, 5.74) is 2.16. The van der Waals surface area contributed by atoms with Gasteiger partial charge in [-0.15, -0.1) is 11.3 Å². The van der Waals surface area contributed by atoms with Gasteiger partial charge in [-0.3, -0.25) is 0 Å². The Morgan fingerprint density at radius 2 is 1.87 bits per heavy atom. The molecule has 7 rings (SSSR count). The van der Waals surface area contributed by atoms with Crippen molar-refractivity contribution in [2.24, 2.45) is 11.8 Å². The van der Waals surface area contributed by atoms with Gasteiger partial charge in [-0.2, -0.15) is 10.4 Å². The highest BCUT2D eigenvalue weighted by Gasteiger charge is 2.56. The number of thiazole rings is 1. The Morgan fingerprint density at radius 1 is 1.15 bits per heavy atom. The van der Waals surface area contributed by atoms with E-state index in [2.05, 4.69) is 10.1 Å². The Labute approximate surface area is 238 Å². The monoisotopic (exact) mass is 582 g/mol. The summed E-state index contributed by atoms with van der Waals surface area (Å²) < 4.78 is 23.6. The van der Waals surface area contributed by atoms with E-state index >= 15 is 0 Å². The van der Waals surface area contributed by atoms with Crippen LogP contribution >= 0.6 is 34.5 Å². The van der Waals surface area contributed by atoms with Gasteiger partial charge >= 0.3 is 0 Å². The number of aromatic nitrogens is 3. The summed E-state index contributed by atoms with van der Waals surface area (Å²) >= 11 is 14.3. The van der Waals surface area contributed by atoms with Crippen molar-refractivity contribution in [1.82, 2.24) is 14.8 Å². The van der Waals surface area contributed by atoms with Gasteiger partial charge < -0.3 is 9.84 Å². The fourth-order valence-corrected chi connectivity index (χ4v) is 8.38. The van der Waals surface area contributed by atoms with Gasteiger partial charge in [0.2, 0.25) is 0 Å². The molecule has 4 atom stereocenters. The molecule has 3 aliphatic carbocycles. The van der Waals surface area contributed by atoms with Crippen LogP contribution < -0.4 is 0 Å². The molecule has 10 heteroatoms. The molecule has 2 bridgehead atoms. The summed E-state index contributed by atoms with van der Waals surface area (Å²) in [6.45, 7) is 0.374. The van der Waals surface area contributed by atoms with E-state index in [-0.39, 0.29) is 29.0 Å². The minimum Gasteiger partial charge on any atom is -0.382 e. The van der Waals surface area contributed by atoms with Crippen molar-refractivity contribution in [1.29, 1.82) is 5.26 Å². The molecule has 6 nitrogen and oxygen atoms in total. The Bertz CT molecular complexity index is 1610. The number of hydrogen-bond acceptors (Lipinski definition) is 6. The highest BCUT2D eigenvalue weighted by molar-refractivity contribution is 7.18. The average molecular weight is 584 g/mol. The second-order valence-electron chi connectivity index (χ2n) is 10.9. The number of hydrogen-bond donors (Lipinski definition) is 1. The van der Waals surface area contributed by atoms with Crippen molar-refractivity contribution in [2.75, 3.05) is 0 Å². The van der Waals surface area contributed by atoms with E-state index in [9.17, 15) is 14.8 Å². The fraction of sp³-hybridized carbons (Fsp3) is 0.414. The summed E-state index contributed by atoms with van der Waals surface area (Å²) in [7, 11) is 0. The number of aliphatic hydroxyl groups is 1. The standard InChI is InChI=1S/C29H25Cl2FN4O2S/c30-21-2-1-3-22(31)27(21)36-24(20(13-34-36)16-4-5-16)14-38-19-10-17-6-7-18(11-19)29(17,37)28-35-26-23(32)8-15(12-33)9-25(26)39-28/h1-3,8-9,13,16-19,37H,4-7,10-11,14H2/t17-,18+,19?,29?. The van der Waals surface area contributed by atoms with Crippen molar-refractivity contribution in [3.63, 3.8) is 0 Å². The SMILES string of the molecule is N#Cc1cc(F)c2nc(C3(O)[C@@H]4CC[C@H]3CC(OCc3c(C5CC5)cnn3-c3c(Cl)cccc3Cl)C4)sc2c1. The number of para-hydroxylation sites is 1. The van der Waals surface area contributed by atoms with Crippen molar-refractivity contribution in [3.8, 4) is 11.8 Å².